The Kier molecular flexibility index (Phi) is 2.89. The summed E-state index contributed by atoms with van der Waals surface area (Å²) in [7, 11) is 1.47. The lowest BCUT2D eigenvalue weighted by atomic mass is 10.1. The number of hydrogen-bond acceptors (Lipinski definition) is 3. The molecule has 1 aromatic carbocycles. The zero-order chi connectivity index (χ0) is 12.7. The van der Waals surface area contributed by atoms with Gasteiger partial charge in [0.2, 0.25) is 0 Å². The van der Waals surface area contributed by atoms with Crippen LogP contribution in [0.1, 0.15) is 10.4 Å². The first-order valence-electron chi connectivity index (χ1n) is 4.57. The predicted molar refractivity (Wildman–Crippen MR) is 62.1 cm³/mol. The molecule has 1 N–H and O–H groups in total. The van der Waals surface area contributed by atoms with Crippen LogP contribution < -0.4 is 9.64 Å². The predicted octanol–water partition coefficient (Wildman–Crippen LogP) is 1.96. The molecule has 17 heavy (non-hydrogen) atoms. The second kappa shape index (κ2) is 4.09. The Labute approximate surface area is 106 Å². The summed E-state index contributed by atoms with van der Waals surface area (Å²) in [5.41, 5.74) is -1.07. The number of halogens is 2. The Hall–Kier alpha value is -1.46. The number of fused-ring (bicyclic) bond motifs is 1. The van der Waals surface area contributed by atoms with Crippen LogP contribution in [0.4, 0.5) is 5.69 Å². The lowest BCUT2D eigenvalue weighted by Gasteiger charge is -2.29. The van der Waals surface area contributed by atoms with Gasteiger partial charge in [-0.2, -0.15) is 0 Å². The molecule has 1 amide bonds. The van der Waals surface area contributed by atoms with Crippen LogP contribution in [0.25, 0.3) is 0 Å². The summed E-state index contributed by atoms with van der Waals surface area (Å²) in [4.78, 5) is 23.8. The van der Waals surface area contributed by atoms with E-state index in [2.05, 4.69) is 0 Å². The maximum Gasteiger partial charge on any atom is 0.339 e. The van der Waals surface area contributed by atoms with Crippen molar-refractivity contribution in [3.05, 3.63) is 22.7 Å². The standard InChI is InChI=1S/C10H7Cl2NO4/c1-13-6-3-4(11)2-5(10(15)16)7(6)17-8(12)9(13)14/h2-3,8H,1H3,(H,15,16). The monoisotopic (exact) mass is 275 g/mol. The van der Waals surface area contributed by atoms with E-state index in [4.69, 9.17) is 33.0 Å². The Morgan fingerprint density at radius 3 is 2.76 bits per heavy atom. The molecule has 0 fully saturated rings. The Balaban J connectivity index is 2.66. The zero-order valence-electron chi connectivity index (χ0n) is 8.61. The summed E-state index contributed by atoms with van der Waals surface area (Å²) < 4.78 is 5.10. The highest BCUT2D eigenvalue weighted by Crippen LogP contribution is 2.39. The third-order valence-corrected chi connectivity index (χ3v) is 2.87. The van der Waals surface area contributed by atoms with E-state index in [0.717, 1.165) is 0 Å². The van der Waals surface area contributed by atoms with Crippen LogP contribution in [0.5, 0.6) is 5.75 Å². The van der Waals surface area contributed by atoms with Crippen LogP contribution in [-0.2, 0) is 4.79 Å². The summed E-state index contributed by atoms with van der Waals surface area (Å²) in [6, 6.07) is 2.69. The van der Waals surface area contributed by atoms with Crippen molar-refractivity contribution in [1.82, 2.24) is 0 Å². The maximum atomic E-state index is 11.6. The van der Waals surface area contributed by atoms with E-state index in [1.165, 1.54) is 24.1 Å². The van der Waals surface area contributed by atoms with Crippen molar-refractivity contribution in [3.63, 3.8) is 0 Å². The number of carboxylic acids is 1. The number of alkyl halides is 1. The summed E-state index contributed by atoms with van der Waals surface area (Å²) in [5.74, 6) is -1.63. The molecule has 5 nitrogen and oxygen atoms in total. The van der Waals surface area contributed by atoms with Crippen LogP contribution in [0, 0.1) is 0 Å². The Bertz CT molecular complexity index is 517. The summed E-state index contributed by atoms with van der Waals surface area (Å²) in [5, 5.41) is 9.22. The molecule has 1 unspecified atom stereocenters. The van der Waals surface area contributed by atoms with Crippen LogP contribution in [0.15, 0.2) is 12.1 Å². The quantitative estimate of drug-likeness (QED) is 0.796. The molecule has 0 radical (unpaired) electrons. The average molecular weight is 276 g/mol. The minimum absolute atomic E-state index is 0.0454. The number of rotatable bonds is 1. The molecule has 0 saturated heterocycles. The van der Waals surface area contributed by atoms with Gasteiger partial charge in [-0.15, -0.1) is 0 Å². The highest BCUT2D eigenvalue weighted by atomic mass is 35.5. The maximum absolute atomic E-state index is 11.6. The van der Waals surface area contributed by atoms with E-state index in [-0.39, 0.29) is 22.0 Å². The largest absolute Gasteiger partial charge is 0.478 e. The number of aromatic carboxylic acids is 1. The topological polar surface area (TPSA) is 66.8 Å². The SMILES string of the molecule is CN1C(=O)C(Cl)Oc2c(C(=O)O)cc(Cl)cc21. The average Bonchev–Trinajstić information content (AvgIpc) is 2.26. The number of carboxylic acid groups (broad SMARTS) is 1. The number of carbonyl (C=O) groups excluding carboxylic acids is 1. The molecule has 0 saturated carbocycles. The Morgan fingerprint density at radius 2 is 2.18 bits per heavy atom. The molecular weight excluding hydrogens is 269 g/mol. The summed E-state index contributed by atoms with van der Waals surface area (Å²) >= 11 is 11.5. The van der Waals surface area contributed by atoms with Gasteiger partial charge in [0.25, 0.3) is 11.5 Å². The number of likely N-dealkylation sites (N-methyl/N-ethyl adjacent to an activating group) is 1. The number of amides is 1. The first kappa shape index (κ1) is 12.0. The van der Waals surface area contributed by atoms with Crippen LogP contribution in [0.2, 0.25) is 5.02 Å². The van der Waals surface area contributed by atoms with Gasteiger partial charge in [0.15, 0.2) is 5.75 Å². The summed E-state index contributed by atoms with van der Waals surface area (Å²) in [6.45, 7) is 0. The van der Waals surface area contributed by atoms with Crippen LogP contribution >= 0.6 is 23.2 Å². The molecule has 0 spiro atoms. The van der Waals surface area contributed by atoms with E-state index >= 15 is 0 Å². The van der Waals surface area contributed by atoms with Crippen molar-refractivity contribution < 1.29 is 19.4 Å². The third-order valence-electron chi connectivity index (χ3n) is 2.37. The minimum Gasteiger partial charge on any atom is -0.478 e. The number of nitrogens with zero attached hydrogens (tertiary/aromatic N) is 1. The van der Waals surface area contributed by atoms with Gasteiger partial charge >= 0.3 is 5.97 Å². The second-order valence-corrected chi connectivity index (χ2v) is 4.27. The molecule has 90 valence electrons. The van der Waals surface area contributed by atoms with Gasteiger partial charge in [0.1, 0.15) is 5.56 Å². The van der Waals surface area contributed by atoms with E-state index in [9.17, 15) is 9.59 Å². The molecule has 0 aromatic heterocycles. The lowest BCUT2D eigenvalue weighted by Crippen LogP contribution is -2.41. The number of ether oxygens (including phenoxy) is 1. The molecule has 1 atom stereocenters. The smallest absolute Gasteiger partial charge is 0.339 e. The molecule has 1 aromatic rings. The van der Waals surface area contributed by atoms with Crippen molar-refractivity contribution in [2.75, 3.05) is 11.9 Å². The van der Waals surface area contributed by atoms with E-state index < -0.39 is 17.4 Å². The Morgan fingerprint density at radius 1 is 1.53 bits per heavy atom. The van der Waals surface area contributed by atoms with Gasteiger partial charge in [-0.3, -0.25) is 4.79 Å². The molecule has 0 bridgehead atoms. The first-order valence-corrected chi connectivity index (χ1v) is 5.38. The molecule has 0 aliphatic carbocycles. The number of hydrogen-bond donors (Lipinski definition) is 1. The summed E-state index contributed by atoms with van der Waals surface area (Å²) in [6.07, 6.45) is 0. The fourth-order valence-corrected chi connectivity index (χ4v) is 1.98. The number of anilines is 1. The fourth-order valence-electron chi connectivity index (χ4n) is 1.54. The molecule has 2 rings (SSSR count). The third kappa shape index (κ3) is 1.92. The minimum atomic E-state index is -1.23. The molecule has 7 heteroatoms. The van der Waals surface area contributed by atoms with Crippen molar-refractivity contribution in [2.45, 2.75) is 5.56 Å². The van der Waals surface area contributed by atoms with Crippen molar-refractivity contribution in [3.8, 4) is 5.75 Å². The zero-order valence-corrected chi connectivity index (χ0v) is 10.1. The van der Waals surface area contributed by atoms with Crippen molar-refractivity contribution in [2.24, 2.45) is 0 Å². The van der Waals surface area contributed by atoms with Gasteiger partial charge in [-0.05, 0) is 12.1 Å². The molecule has 1 heterocycles. The molecule has 1 aliphatic rings. The van der Waals surface area contributed by atoms with Crippen LogP contribution in [0.3, 0.4) is 0 Å². The van der Waals surface area contributed by atoms with Crippen LogP contribution in [-0.4, -0.2) is 29.6 Å². The van der Waals surface area contributed by atoms with E-state index in [1.54, 1.807) is 0 Å². The fraction of sp³-hybridized carbons (Fsp3) is 0.200. The highest BCUT2D eigenvalue weighted by Gasteiger charge is 2.34. The van der Waals surface area contributed by atoms with Gasteiger partial charge < -0.3 is 14.7 Å². The lowest BCUT2D eigenvalue weighted by molar-refractivity contribution is -0.122. The first-order chi connectivity index (χ1) is 7.91. The molecule has 1 aliphatic heterocycles. The number of carbonyl (C=O) groups is 2. The number of benzene rings is 1. The second-order valence-electron chi connectivity index (χ2n) is 3.44. The van der Waals surface area contributed by atoms with Gasteiger partial charge in [0.05, 0.1) is 5.69 Å². The highest BCUT2D eigenvalue weighted by molar-refractivity contribution is 6.34. The van der Waals surface area contributed by atoms with Gasteiger partial charge in [0, 0.05) is 12.1 Å². The van der Waals surface area contributed by atoms with Crippen molar-refractivity contribution >= 4 is 40.8 Å². The van der Waals surface area contributed by atoms with Gasteiger partial charge in [-0.1, -0.05) is 23.2 Å². The van der Waals surface area contributed by atoms with Crippen molar-refractivity contribution in [1.29, 1.82) is 0 Å². The van der Waals surface area contributed by atoms with E-state index in [1.807, 2.05) is 0 Å². The van der Waals surface area contributed by atoms with E-state index in [0.29, 0.717) is 0 Å². The molecular formula is C10H7Cl2NO4. The van der Waals surface area contributed by atoms with Gasteiger partial charge in [-0.25, -0.2) is 4.79 Å². The normalized spacial score (nSPS) is 18.6.